The molecular weight excluding hydrogens is 400 g/mol. The molecule has 1 amide bonds. The van der Waals surface area contributed by atoms with Gasteiger partial charge in [-0.25, -0.2) is 0 Å². The van der Waals surface area contributed by atoms with E-state index in [0.29, 0.717) is 25.6 Å². The summed E-state index contributed by atoms with van der Waals surface area (Å²) >= 11 is 0. The smallest absolute Gasteiger partial charge is 0.252 e. The number of para-hydroxylation sites is 1. The van der Waals surface area contributed by atoms with Gasteiger partial charge in [0, 0.05) is 37.7 Å². The second-order valence-corrected chi connectivity index (χ2v) is 9.16. The summed E-state index contributed by atoms with van der Waals surface area (Å²) in [6.07, 6.45) is 6.09. The highest BCUT2D eigenvalue weighted by Crippen LogP contribution is 2.33. The Hall–Kier alpha value is -2.37. The molecule has 0 saturated carbocycles. The van der Waals surface area contributed by atoms with Crippen molar-refractivity contribution in [3.8, 4) is 16.9 Å². The zero-order valence-corrected chi connectivity index (χ0v) is 19.4. The van der Waals surface area contributed by atoms with Crippen LogP contribution in [-0.4, -0.2) is 55.8 Å². The summed E-state index contributed by atoms with van der Waals surface area (Å²) in [5.41, 5.74) is 2.48. The fraction of sp³-hybridized carbons (Fsp3) is 0.519. The van der Waals surface area contributed by atoms with Gasteiger partial charge in [0.1, 0.15) is 5.75 Å². The SMILES string of the molecule is COc1ccccc1-c1cccc(CC2(C(=O)NCCN3CCCCC3C)CCCO2)c1. The number of carbonyl (C=O) groups is 1. The fourth-order valence-corrected chi connectivity index (χ4v) is 5.12. The Morgan fingerprint density at radius 2 is 2.06 bits per heavy atom. The maximum atomic E-state index is 13.3. The Bertz CT molecular complexity index is 907. The van der Waals surface area contributed by atoms with Crippen molar-refractivity contribution in [1.29, 1.82) is 0 Å². The van der Waals surface area contributed by atoms with Crippen LogP contribution in [0.5, 0.6) is 5.75 Å². The number of amides is 1. The van der Waals surface area contributed by atoms with Crippen LogP contribution >= 0.6 is 0 Å². The highest BCUT2D eigenvalue weighted by Gasteiger charge is 2.42. The number of piperidine rings is 1. The summed E-state index contributed by atoms with van der Waals surface area (Å²) < 4.78 is 11.7. The first-order valence-electron chi connectivity index (χ1n) is 12.0. The number of carbonyl (C=O) groups excluding carboxylic acids is 1. The van der Waals surface area contributed by atoms with Gasteiger partial charge < -0.3 is 14.8 Å². The highest BCUT2D eigenvalue weighted by atomic mass is 16.5. The van der Waals surface area contributed by atoms with Crippen molar-refractivity contribution < 1.29 is 14.3 Å². The molecular formula is C27H36N2O3. The number of nitrogens with one attached hydrogen (secondary N) is 1. The third kappa shape index (κ3) is 5.16. The van der Waals surface area contributed by atoms with Crippen molar-refractivity contribution in [2.45, 2.75) is 57.1 Å². The molecule has 0 aliphatic carbocycles. The van der Waals surface area contributed by atoms with Crippen LogP contribution in [0.3, 0.4) is 0 Å². The molecule has 2 saturated heterocycles. The van der Waals surface area contributed by atoms with Gasteiger partial charge in [-0.15, -0.1) is 0 Å². The first-order valence-corrected chi connectivity index (χ1v) is 12.0. The Morgan fingerprint density at radius 3 is 2.84 bits per heavy atom. The average Bonchev–Trinajstić information content (AvgIpc) is 3.30. The molecule has 2 aliphatic heterocycles. The largest absolute Gasteiger partial charge is 0.496 e. The van der Waals surface area contributed by atoms with Gasteiger partial charge in [0.15, 0.2) is 5.60 Å². The van der Waals surface area contributed by atoms with Gasteiger partial charge in [-0.05, 0) is 56.3 Å². The normalized spacial score (nSPS) is 23.8. The molecule has 0 radical (unpaired) electrons. The first-order chi connectivity index (χ1) is 15.6. The van der Waals surface area contributed by atoms with Gasteiger partial charge in [0.25, 0.3) is 5.91 Å². The molecule has 4 rings (SSSR count). The van der Waals surface area contributed by atoms with Crippen molar-refractivity contribution in [3.05, 3.63) is 54.1 Å². The van der Waals surface area contributed by atoms with Gasteiger partial charge in [0.05, 0.1) is 7.11 Å². The molecule has 0 aromatic heterocycles. The number of benzene rings is 2. The first kappa shape index (κ1) is 22.8. The molecule has 2 aliphatic rings. The molecule has 2 heterocycles. The molecule has 5 nitrogen and oxygen atoms in total. The topological polar surface area (TPSA) is 50.8 Å². The Labute approximate surface area is 192 Å². The third-order valence-corrected chi connectivity index (χ3v) is 6.98. The molecule has 2 aromatic carbocycles. The summed E-state index contributed by atoms with van der Waals surface area (Å²) in [4.78, 5) is 15.8. The molecule has 2 fully saturated rings. The molecule has 2 atom stereocenters. The molecule has 32 heavy (non-hydrogen) atoms. The van der Waals surface area contributed by atoms with Crippen LogP contribution in [0.2, 0.25) is 0 Å². The third-order valence-electron chi connectivity index (χ3n) is 6.98. The molecule has 2 unspecified atom stereocenters. The predicted octanol–water partition coefficient (Wildman–Crippen LogP) is 4.44. The van der Waals surface area contributed by atoms with E-state index in [9.17, 15) is 4.79 Å². The molecule has 0 bridgehead atoms. The van der Waals surface area contributed by atoms with Gasteiger partial charge >= 0.3 is 0 Å². The molecule has 5 heteroatoms. The van der Waals surface area contributed by atoms with Crippen LogP contribution in [0.1, 0.15) is 44.6 Å². The van der Waals surface area contributed by atoms with E-state index in [1.165, 1.54) is 19.3 Å². The quantitative estimate of drug-likeness (QED) is 0.665. The summed E-state index contributed by atoms with van der Waals surface area (Å²) in [5.74, 6) is 0.878. The van der Waals surface area contributed by atoms with Crippen molar-refractivity contribution in [1.82, 2.24) is 10.2 Å². The molecule has 2 aromatic rings. The Balaban J connectivity index is 1.44. The van der Waals surface area contributed by atoms with Crippen LogP contribution in [0.25, 0.3) is 11.1 Å². The second kappa shape index (κ2) is 10.5. The Morgan fingerprint density at radius 1 is 1.19 bits per heavy atom. The number of ether oxygens (including phenoxy) is 2. The molecule has 0 spiro atoms. The molecule has 172 valence electrons. The van der Waals surface area contributed by atoms with Gasteiger partial charge in [-0.3, -0.25) is 9.69 Å². The van der Waals surface area contributed by atoms with Crippen molar-refractivity contribution in [3.63, 3.8) is 0 Å². The number of hydrogen-bond acceptors (Lipinski definition) is 4. The van der Waals surface area contributed by atoms with Crippen LogP contribution in [0.4, 0.5) is 0 Å². The standard InChI is InChI=1S/C27H36N2O3/c1-21-9-5-6-16-29(21)17-15-28-26(30)27(14-8-18-32-27)20-22-10-7-11-23(19-22)24-12-3-4-13-25(24)31-2/h3-4,7,10-13,19,21H,5-6,8-9,14-18,20H2,1-2H3,(H,28,30). The monoisotopic (exact) mass is 436 g/mol. The fourth-order valence-electron chi connectivity index (χ4n) is 5.12. The number of likely N-dealkylation sites (tertiary alicyclic amines) is 1. The maximum absolute atomic E-state index is 13.3. The maximum Gasteiger partial charge on any atom is 0.252 e. The van der Waals surface area contributed by atoms with Crippen molar-refractivity contribution in [2.75, 3.05) is 33.4 Å². The second-order valence-electron chi connectivity index (χ2n) is 9.16. The minimum Gasteiger partial charge on any atom is -0.496 e. The number of nitrogens with zero attached hydrogens (tertiary/aromatic N) is 1. The van der Waals surface area contributed by atoms with Crippen LogP contribution in [0.15, 0.2) is 48.5 Å². The summed E-state index contributed by atoms with van der Waals surface area (Å²) in [6, 6.07) is 17.0. The number of rotatable bonds is 8. The van der Waals surface area contributed by atoms with Crippen molar-refractivity contribution >= 4 is 5.91 Å². The van der Waals surface area contributed by atoms with Crippen molar-refractivity contribution in [2.24, 2.45) is 0 Å². The van der Waals surface area contributed by atoms with E-state index in [1.807, 2.05) is 18.2 Å². The lowest BCUT2D eigenvalue weighted by atomic mass is 9.89. The minimum atomic E-state index is -0.771. The van der Waals surface area contributed by atoms with Gasteiger partial charge in [-0.1, -0.05) is 48.9 Å². The predicted molar refractivity (Wildman–Crippen MR) is 128 cm³/mol. The van der Waals surface area contributed by atoms with Crippen LogP contribution < -0.4 is 10.1 Å². The lowest BCUT2D eigenvalue weighted by molar-refractivity contribution is -0.141. The van der Waals surface area contributed by atoms with E-state index in [2.05, 4.69) is 47.5 Å². The van der Waals surface area contributed by atoms with E-state index >= 15 is 0 Å². The van der Waals surface area contributed by atoms with Gasteiger partial charge in [-0.2, -0.15) is 0 Å². The zero-order valence-electron chi connectivity index (χ0n) is 19.4. The van der Waals surface area contributed by atoms with Gasteiger partial charge in [0.2, 0.25) is 0 Å². The molecule has 1 N–H and O–H groups in total. The summed E-state index contributed by atoms with van der Waals surface area (Å²) in [5, 5.41) is 3.19. The van der Waals surface area contributed by atoms with E-state index in [4.69, 9.17) is 9.47 Å². The van der Waals surface area contributed by atoms with Crippen LogP contribution in [0, 0.1) is 0 Å². The van der Waals surface area contributed by atoms with E-state index in [1.54, 1.807) is 7.11 Å². The Kier molecular flexibility index (Phi) is 7.48. The van der Waals surface area contributed by atoms with E-state index in [0.717, 1.165) is 48.4 Å². The number of methoxy groups -OCH3 is 1. The average molecular weight is 437 g/mol. The summed E-state index contributed by atoms with van der Waals surface area (Å²) in [7, 11) is 1.69. The zero-order chi connectivity index (χ0) is 22.4. The summed E-state index contributed by atoms with van der Waals surface area (Å²) in [6.45, 7) is 5.65. The minimum absolute atomic E-state index is 0.0300. The van der Waals surface area contributed by atoms with E-state index < -0.39 is 5.60 Å². The van der Waals surface area contributed by atoms with Crippen LogP contribution in [-0.2, 0) is 16.0 Å². The number of hydrogen-bond donors (Lipinski definition) is 1. The lowest BCUT2D eigenvalue weighted by Crippen LogP contribution is -2.50. The lowest BCUT2D eigenvalue weighted by Gasteiger charge is -2.34. The highest BCUT2D eigenvalue weighted by molar-refractivity contribution is 5.86. The van der Waals surface area contributed by atoms with E-state index in [-0.39, 0.29) is 5.91 Å².